The maximum atomic E-state index is 5.78. The Balaban J connectivity index is 2.43. The van der Waals surface area contributed by atoms with E-state index in [9.17, 15) is 0 Å². The van der Waals surface area contributed by atoms with Crippen LogP contribution in [0.25, 0.3) is 9.75 Å². The quantitative estimate of drug-likeness (QED) is 0.804. The molecule has 20 heavy (non-hydrogen) atoms. The fraction of sp³-hybridized carbons (Fsp3) is 0.529. The topological polar surface area (TPSA) is 26.0 Å². The highest BCUT2D eigenvalue weighted by Crippen LogP contribution is 2.41. The summed E-state index contributed by atoms with van der Waals surface area (Å²) in [5.74, 6) is 0.590. The molecule has 0 saturated heterocycles. The second-order valence-corrected chi connectivity index (χ2v) is 8.78. The summed E-state index contributed by atoms with van der Waals surface area (Å²) in [6.07, 6.45) is 0.974. The van der Waals surface area contributed by atoms with E-state index in [1.807, 2.05) is 22.7 Å². The van der Waals surface area contributed by atoms with Gasteiger partial charge >= 0.3 is 0 Å². The van der Waals surface area contributed by atoms with Crippen LogP contribution in [0.4, 0.5) is 0 Å². The molecule has 0 aromatic carbocycles. The predicted molar refractivity (Wildman–Crippen MR) is 93.2 cm³/mol. The van der Waals surface area contributed by atoms with Crippen LogP contribution in [0.15, 0.2) is 18.2 Å². The number of hydrogen-bond donors (Lipinski definition) is 1. The molecule has 0 fully saturated rings. The SMILES string of the molecule is CC(C)c1cc(CCN)c(-c2ccc(C(C)(C)C)s2)s1. The summed E-state index contributed by atoms with van der Waals surface area (Å²) in [6.45, 7) is 12.1. The van der Waals surface area contributed by atoms with Crippen LogP contribution in [0.2, 0.25) is 0 Å². The fourth-order valence-electron chi connectivity index (χ4n) is 2.15. The molecule has 0 radical (unpaired) electrons. The normalized spacial score (nSPS) is 12.3. The maximum Gasteiger partial charge on any atom is 0.0478 e. The number of nitrogens with two attached hydrogens (primary N) is 1. The lowest BCUT2D eigenvalue weighted by atomic mass is 9.95. The van der Waals surface area contributed by atoms with E-state index >= 15 is 0 Å². The standard InChI is InChI=1S/C17H25NS2/c1-11(2)14-10-12(8-9-18)16(20-14)13-6-7-15(19-13)17(3,4)5/h6-7,10-11H,8-9,18H2,1-5H3. The summed E-state index contributed by atoms with van der Waals surface area (Å²) in [7, 11) is 0. The van der Waals surface area contributed by atoms with Crippen LogP contribution in [-0.2, 0) is 11.8 Å². The first-order valence-corrected chi connectivity index (χ1v) is 8.89. The third-order valence-electron chi connectivity index (χ3n) is 3.38. The summed E-state index contributed by atoms with van der Waals surface area (Å²) in [5, 5.41) is 0. The lowest BCUT2D eigenvalue weighted by Crippen LogP contribution is -2.07. The van der Waals surface area contributed by atoms with Crippen molar-refractivity contribution in [2.24, 2.45) is 5.73 Å². The van der Waals surface area contributed by atoms with Crippen molar-refractivity contribution in [1.82, 2.24) is 0 Å². The molecule has 0 spiro atoms. The summed E-state index contributed by atoms with van der Waals surface area (Å²) >= 11 is 3.87. The molecule has 110 valence electrons. The van der Waals surface area contributed by atoms with Gasteiger partial charge in [-0.3, -0.25) is 0 Å². The van der Waals surface area contributed by atoms with Crippen LogP contribution < -0.4 is 5.73 Å². The first kappa shape index (κ1) is 15.7. The van der Waals surface area contributed by atoms with Crippen molar-refractivity contribution in [3.8, 4) is 9.75 Å². The van der Waals surface area contributed by atoms with E-state index in [0.717, 1.165) is 13.0 Å². The monoisotopic (exact) mass is 307 g/mol. The highest BCUT2D eigenvalue weighted by atomic mass is 32.1. The zero-order valence-electron chi connectivity index (χ0n) is 13.1. The van der Waals surface area contributed by atoms with Gasteiger partial charge in [0.1, 0.15) is 0 Å². The molecule has 2 N–H and O–H groups in total. The molecule has 0 saturated carbocycles. The van der Waals surface area contributed by atoms with E-state index in [2.05, 4.69) is 52.8 Å². The van der Waals surface area contributed by atoms with Gasteiger partial charge in [0.2, 0.25) is 0 Å². The molecule has 0 aliphatic heterocycles. The first-order chi connectivity index (χ1) is 9.32. The largest absolute Gasteiger partial charge is 0.330 e. The van der Waals surface area contributed by atoms with E-state index in [0.29, 0.717) is 5.92 Å². The third kappa shape index (κ3) is 3.33. The predicted octanol–water partition coefficient (Wildman–Crippen LogP) is 5.40. The van der Waals surface area contributed by atoms with Crippen LogP contribution >= 0.6 is 22.7 Å². The zero-order chi connectivity index (χ0) is 14.9. The van der Waals surface area contributed by atoms with E-state index in [-0.39, 0.29) is 5.41 Å². The Morgan fingerprint density at radius 2 is 1.85 bits per heavy atom. The van der Waals surface area contributed by atoms with Gasteiger partial charge in [0.15, 0.2) is 0 Å². The molecular formula is C17H25NS2. The molecule has 0 bridgehead atoms. The molecule has 1 nitrogen and oxygen atoms in total. The summed E-state index contributed by atoms with van der Waals surface area (Å²) in [6, 6.07) is 6.91. The summed E-state index contributed by atoms with van der Waals surface area (Å²) in [5.41, 5.74) is 7.43. The lowest BCUT2D eigenvalue weighted by molar-refractivity contribution is 0.604. The van der Waals surface area contributed by atoms with Gasteiger partial charge < -0.3 is 5.73 Å². The fourth-order valence-corrected chi connectivity index (χ4v) is 4.57. The molecule has 2 aromatic rings. The van der Waals surface area contributed by atoms with Crippen molar-refractivity contribution in [3.05, 3.63) is 33.5 Å². The molecule has 0 aliphatic carbocycles. The summed E-state index contributed by atoms with van der Waals surface area (Å²) in [4.78, 5) is 5.75. The Labute approximate surface area is 130 Å². The Morgan fingerprint density at radius 1 is 1.15 bits per heavy atom. The summed E-state index contributed by atoms with van der Waals surface area (Å²) < 4.78 is 0. The zero-order valence-corrected chi connectivity index (χ0v) is 14.8. The van der Waals surface area contributed by atoms with E-state index in [1.54, 1.807) is 0 Å². The van der Waals surface area contributed by atoms with Crippen molar-refractivity contribution < 1.29 is 0 Å². The van der Waals surface area contributed by atoms with Crippen molar-refractivity contribution >= 4 is 22.7 Å². The van der Waals surface area contributed by atoms with Crippen LogP contribution in [0.3, 0.4) is 0 Å². The van der Waals surface area contributed by atoms with E-state index < -0.39 is 0 Å². The molecule has 0 amide bonds. The maximum absolute atomic E-state index is 5.78. The van der Waals surface area contributed by atoms with Gasteiger partial charge in [0.25, 0.3) is 0 Å². The van der Waals surface area contributed by atoms with Crippen molar-refractivity contribution in [3.63, 3.8) is 0 Å². The van der Waals surface area contributed by atoms with Crippen LogP contribution in [-0.4, -0.2) is 6.54 Å². The average molecular weight is 308 g/mol. The minimum absolute atomic E-state index is 0.231. The molecular weight excluding hydrogens is 282 g/mol. The van der Waals surface area contributed by atoms with Crippen LogP contribution in [0.1, 0.15) is 55.9 Å². The van der Waals surface area contributed by atoms with Gasteiger partial charge in [0.05, 0.1) is 0 Å². The smallest absolute Gasteiger partial charge is 0.0478 e. The molecule has 3 heteroatoms. The van der Waals surface area contributed by atoms with E-state index in [1.165, 1.54) is 25.1 Å². The van der Waals surface area contributed by atoms with E-state index in [4.69, 9.17) is 5.73 Å². The van der Waals surface area contributed by atoms with Gasteiger partial charge in [-0.1, -0.05) is 34.6 Å². The highest BCUT2D eigenvalue weighted by Gasteiger charge is 2.19. The molecule has 0 atom stereocenters. The number of thiophene rings is 2. The van der Waals surface area contributed by atoms with Gasteiger partial charge in [-0.25, -0.2) is 0 Å². The molecule has 2 aromatic heterocycles. The van der Waals surface area contributed by atoms with Gasteiger partial charge in [-0.05, 0) is 48.1 Å². The molecule has 0 aliphatic rings. The minimum Gasteiger partial charge on any atom is -0.330 e. The van der Waals surface area contributed by atoms with Crippen molar-refractivity contribution in [2.45, 2.75) is 52.4 Å². The Hall–Kier alpha value is -0.640. The second-order valence-electron chi connectivity index (χ2n) is 6.61. The van der Waals surface area contributed by atoms with Crippen molar-refractivity contribution in [1.29, 1.82) is 0 Å². The van der Waals surface area contributed by atoms with Crippen LogP contribution in [0, 0.1) is 0 Å². The van der Waals surface area contributed by atoms with Gasteiger partial charge in [-0.15, -0.1) is 22.7 Å². The van der Waals surface area contributed by atoms with Crippen molar-refractivity contribution in [2.75, 3.05) is 6.54 Å². The molecule has 0 unspecified atom stereocenters. The Bertz CT molecular complexity index is 570. The second kappa shape index (κ2) is 6.00. The first-order valence-electron chi connectivity index (χ1n) is 7.26. The number of rotatable bonds is 4. The third-order valence-corrected chi connectivity index (χ3v) is 6.55. The van der Waals surface area contributed by atoms with Gasteiger partial charge in [-0.2, -0.15) is 0 Å². The molecule has 2 heterocycles. The Kier molecular flexibility index (Phi) is 4.73. The lowest BCUT2D eigenvalue weighted by Gasteiger charge is -2.15. The molecule has 2 rings (SSSR count). The van der Waals surface area contributed by atoms with Gasteiger partial charge in [0, 0.05) is 19.5 Å². The van der Waals surface area contributed by atoms with Crippen LogP contribution in [0.5, 0.6) is 0 Å². The average Bonchev–Trinajstić information content (AvgIpc) is 2.93. The Morgan fingerprint density at radius 3 is 2.35 bits per heavy atom. The minimum atomic E-state index is 0.231. The number of hydrogen-bond acceptors (Lipinski definition) is 3. The highest BCUT2D eigenvalue weighted by molar-refractivity contribution is 7.22.